The molecule has 0 radical (unpaired) electrons. The molecular formula is C10H6F4. The lowest BCUT2D eigenvalue weighted by molar-refractivity contribution is 0.431. The van der Waals surface area contributed by atoms with E-state index in [-0.39, 0.29) is 0 Å². The van der Waals surface area contributed by atoms with E-state index in [0.717, 1.165) is 12.2 Å². The second kappa shape index (κ2) is 3.65. The highest BCUT2D eigenvalue weighted by molar-refractivity contribution is 5.58. The Kier molecular flexibility index (Phi) is 2.74. The SMILES string of the molecule is C=Cc1c(F)c(F)c(F)c(C=C)c1F. The first-order chi connectivity index (χ1) is 6.54. The van der Waals surface area contributed by atoms with Crippen LogP contribution in [0.4, 0.5) is 17.6 Å². The fourth-order valence-electron chi connectivity index (χ4n) is 1.03. The standard InChI is InChI=1S/C10H6F4/c1-3-5-7(11)6(4-2)9(13)10(14)8(5)12/h3-4H,1-2H2. The average molecular weight is 202 g/mol. The molecule has 0 fully saturated rings. The van der Waals surface area contributed by atoms with Crippen LogP contribution in [0.5, 0.6) is 0 Å². The molecule has 0 heterocycles. The Hall–Kier alpha value is -1.58. The molecule has 0 aliphatic rings. The molecule has 0 aliphatic heterocycles. The summed E-state index contributed by atoms with van der Waals surface area (Å²) in [7, 11) is 0. The van der Waals surface area contributed by atoms with Gasteiger partial charge >= 0.3 is 0 Å². The lowest BCUT2D eigenvalue weighted by Gasteiger charge is -2.06. The van der Waals surface area contributed by atoms with Crippen LogP contribution in [0.3, 0.4) is 0 Å². The van der Waals surface area contributed by atoms with E-state index in [1.54, 1.807) is 0 Å². The predicted molar refractivity (Wildman–Crippen MR) is 46.5 cm³/mol. The van der Waals surface area contributed by atoms with Crippen LogP contribution in [-0.2, 0) is 0 Å². The summed E-state index contributed by atoms with van der Waals surface area (Å²) in [6.45, 7) is 6.19. The second-order valence-electron chi connectivity index (χ2n) is 2.49. The molecule has 4 heteroatoms. The van der Waals surface area contributed by atoms with Gasteiger partial charge in [-0.1, -0.05) is 25.3 Å². The monoisotopic (exact) mass is 202 g/mol. The van der Waals surface area contributed by atoms with Gasteiger partial charge in [0.15, 0.2) is 17.5 Å². The first-order valence-corrected chi connectivity index (χ1v) is 3.65. The van der Waals surface area contributed by atoms with Gasteiger partial charge in [0.25, 0.3) is 0 Å². The van der Waals surface area contributed by atoms with Crippen molar-refractivity contribution < 1.29 is 17.6 Å². The Morgan fingerprint density at radius 1 is 0.643 bits per heavy atom. The van der Waals surface area contributed by atoms with E-state index < -0.39 is 34.4 Å². The number of benzene rings is 1. The van der Waals surface area contributed by atoms with Crippen molar-refractivity contribution in [3.8, 4) is 0 Å². The van der Waals surface area contributed by atoms with Crippen LogP contribution in [0, 0.1) is 23.3 Å². The molecule has 0 bridgehead atoms. The summed E-state index contributed by atoms with van der Waals surface area (Å²) < 4.78 is 51.7. The molecule has 1 aromatic rings. The number of rotatable bonds is 2. The third-order valence-electron chi connectivity index (χ3n) is 1.74. The summed E-state index contributed by atoms with van der Waals surface area (Å²) in [4.78, 5) is 0. The van der Waals surface area contributed by atoms with Crippen LogP contribution < -0.4 is 0 Å². The molecule has 0 spiro atoms. The third-order valence-corrected chi connectivity index (χ3v) is 1.74. The molecule has 1 rings (SSSR count). The van der Waals surface area contributed by atoms with E-state index in [2.05, 4.69) is 13.2 Å². The van der Waals surface area contributed by atoms with E-state index in [0.29, 0.717) is 0 Å². The van der Waals surface area contributed by atoms with Crippen molar-refractivity contribution in [1.29, 1.82) is 0 Å². The average Bonchev–Trinajstić information content (AvgIpc) is 2.16. The topological polar surface area (TPSA) is 0 Å². The Morgan fingerprint density at radius 3 is 1.29 bits per heavy atom. The van der Waals surface area contributed by atoms with Gasteiger partial charge in [-0.25, -0.2) is 17.6 Å². The number of halogens is 4. The van der Waals surface area contributed by atoms with Gasteiger partial charge in [-0.05, 0) is 0 Å². The van der Waals surface area contributed by atoms with Gasteiger partial charge in [-0.15, -0.1) is 0 Å². The van der Waals surface area contributed by atoms with Crippen LogP contribution in [-0.4, -0.2) is 0 Å². The Bertz CT molecular complexity index is 372. The van der Waals surface area contributed by atoms with Crippen LogP contribution in [0.2, 0.25) is 0 Å². The third kappa shape index (κ3) is 1.32. The van der Waals surface area contributed by atoms with Gasteiger partial charge in [0.05, 0.1) is 0 Å². The summed E-state index contributed by atoms with van der Waals surface area (Å²) in [5.74, 6) is -6.09. The Morgan fingerprint density at radius 2 is 1.00 bits per heavy atom. The maximum Gasteiger partial charge on any atom is 0.195 e. The minimum absolute atomic E-state index is 0.696. The van der Waals surface area contributed by atoms with E-state index in [4.69, 9.17) is 0 Å². The lowest BCUT2D eigenvalue weighted by atomic mass is 10.1. The molecule has 0 aromatic heterocycles. The Balaban J connectivity index is 3.72. The predicted octanol–water partition coefficient (Wildman–Crippen LogP) is 3.53. The van der Waals surface area contributed by atoms with Crippen molar-refractivity contribution in [2.75, 3.05) is 0 Å². The van der Waals surface area contributed by atoms with Crippen LogP contribution in [0.25, 0.3) is 12.2 Å². The van der Waals surface area contributed by atoms with Gasteiger partial charge in [-0.2, -0.15) is 0 Å². The normalized spacial score (nSPS) is 10.0. The van der Waals surface area contributed by atoms with Gasteiger partial charge < -0.3 is 0 Å². The van der Waals surface area contributed by atoms with E-state index >= 15 is 0 Å². The van der Waals surface area contributed by atoms with E-state index in [1.807, 2.05) is 0 Å². The van der Waals surface area contributed by atoms with Crippen LogP contribution >= 0.6 is 0 Å². The largest absolute Gasteiger partial charge is 0.205 e. The van der Waals surface area contributed by atoms with Gasteiger partial charge in [0.1, 0.15) is 5.82 Å². The van der Waals surface area contributed by atoms with Crippen LogP contribution in [0.15, 0.2) is 13.2 Å². The maximum absolute atomic E-state index is 13.2. The molecule has 0 unspecified atom stereocenters. The summed E-state index contributed by atoms with van der Waals surface area (Å²) in [5, 5.41) is 0. The molecule has 14 heavy (non-hydrogen) atoms. The van der Waals surface area contributed by atoms with Crippen molar-refractivity contribution >= 4 is 12.2 Å². The first kappa shape index (κ1) is 10.5. The minimum atomic E-state index is -1.73. The summed E-state index contributed by atoms with van der Waals surface area (Å²) in [6, 6.07) is 0. The number of hydrogen-bond acceptors (Lipinski definition) is 0. The smallest absolute Gasteiger partial charge is 0.195 e. The zero-order valence-electron chi connectivity index (χ0n) is 7.08. The molecule has 0 nitrogen and oxygen atoms in total. The highest BCUT2D eigenvalue weighted by atomic mass is 19.2. The maximum atomic E-state index is 13.2. The number of hydrogen-bond donors (Lipinski definition) is 0. The summed E-state index contributed by atoms with van der Waals surface area (Å²) in [5.41, 5.74) is -1.39. The quantitative estimate of drug-likeness (QED) is 0.391. The zero-order valence-corrected chi connectivity index (χ0v) is 7.08. The van der Waals surface area contributed by atoms with E-state index in [9.17, 15) is 17.6 Å². The fourth-order valence-corrected chi connectivity index (χ4v) is 1.03. The summed E-state index contributed by atoms with van der Waals surface area (Å²) in [6.07, 6.45) is 1.56. The van der Waals surface area contributed by atoms with Gasteiger partial charge in [0.2, 0.25) is 0 Å². The molecule has 1 aromatic carbocycles. The molecule has 0 atom stereocenters. The molecule has 0 aliphatic carbocycles. The minimum Gasteiger partial charge on any atom is -0.205 e. The first-order valence-electron chi connectivity index (χ1n) is 3.65. The van der Waals surface area contributed by atoms with Crippen molar-refractivity contribution in [3.05, 3.63) is 47.6 Å². The van der Waals surface area contributed by atoms with Crippen molar-refractivity contribution in [1.82, 2.24) is 0 Å². The molecule has 74 valence electrons. The molecule has 0 N–H and O–H groups in total. The zero-order chi connectivity index (χ0) is 10.9. The molecule has 0 amide bonds. The molecular weight excluding hydrogens is 196 g/mol. The highest BCUT2D eigenvalue weighted by Crippen LogP contribution is 2.25. The van der Waals surface area contributed by atoms with Gasteiger partial charge in [-0.3, -0.25) is 0 Å². The highest BCUT2D eigenvalue weighted by Gasteiger charge is 2.21. The molecule has 0 saturated carbocycles. The lowest BCUT2D eigenvalue weighted by Crippen LogP contribution is -2.02. The van der Waals surface area contributed by atoms with Crippen LogP contribution in [0.1, 0.15) is 11.1 Å². The van der Waals surface area contributed by atoms with Crippen molar-refractivity contribution in [2.24, 2.45) is 0 Å². The van der Waals surface area contributed by atoms with Crippen molar-refractivity contribution in [3.63, 3.8) is 0 Å². The van der Waals surface area contributed by atoms with Gasteiger partial charge in [0, 0.05) is 11.1 Å². The fraction of sp³-hybridized carbons (Fsp3) is 0. The van der Waals surface area contributed by atoms with Crippen molar-refractivity contribution in [2.45, 2.75) is 0 Å². The summed E-state index contributed by atoms with van der Waals surface area (Å²) >= 11 is 0. The van der Waals surface area contributed by atoms with E-state index in [1.165, 1.54) is 0 Å². The molecule has 0 saturated heterocycles. The second-order valence-corrected chi connectivity index (χ2v) is 2.49. The Labute approximate surface area is 78.2 Å².